The molecular formula is C10H12N4O5S. The second-order valence-corrected chi connectivity index (χ2v) is 6.31. The minimum Gasteiger partial charge on any atom is -0.388 e. The average molecular weight is 300 g/mol. The van der Waals surface area contributed by atoms with Crippen molar-refractivity contribution in [2.75, 3.05) is 14.1 Å². The molecule has 1 aromatic heterocycles. The van der Waals surface area contributed by atoms with Crippen LogP contribution in [0.2, 0.25) is 0 Å². The monoisotopic (exact) mass is 300 g/mol. The van der Waals surface area contributed by atoms with Gasteiger partial charge in [-0.2, -0.15) is 0 Å². The first-order valence-corrected chi connectivity index (χ1v) is 6.92. The maximum atomic E-state index is 12.1. The number of nitrogens with one attached hydrogen (secondary N) is 1. The van der Waals surface area contributed by atoms with Gasteiger partial charge in [0.25, 0.3) is 0 Å². The van der Waals surface area contributed by atoms with Crippen molar-refractivity contribution in [3.05, 3.63) is 28.1 Å². The van der Waals surface area contributed by atoms with E-state index in [0.29, 0.717) is 5.52 Å². The lowest BCUT2D eigenvalue weighted by Gasteiger charge is -2.11. The molecule has 9 nitrogen and oxygen atoms in total. The van der Waals surface area contributed by atoms with Gasteiger partial charge in [0.05, 0.1) is 10.4 Å². The van der Waals surface area contributed by atoms with Gasteiger partial charge < -0.3 is 10.1 Å². The molecule has 0 bridgehead atoms. The molecule has 1 heterocycles. The highest BCUT2D eigenvalue weighted by Gasteiger charge is 2.31. The highest BCUT2D eigenvalue weighted by molar-refractivity contribution is 7.89. The SMILES string of the molecule is CN(C)S(=O)(=O)c1ccc2[nH]c(CO)nc2c1[N+](=O)[O-]. The van der Waals surface area contributed by atoms with E-state index in [0.717, 1.165) is 10.4 Å². The third kappa shape index (κ3) is 2.13. The third-order valence-electron chi connectivity index (χ3n) is 2.73. The molecule has 0 spiro atoms. The lowest BCUT2D eigenvalue weighted by atomic mass is 10.3. The Morgan fingerprint density at radius 1 is 1.45 bits per heavy atom. The Morgan fingerprint density at radius 3 is 2.60 bits per heavy atom. The Morgan fingerprint density at radius 2 is 2.10 bits per heavy atom. The molecule has 0 atom stereocenters. The standard InChI is InChI=1S/C10H12N4O5S/c1-13(2)20(18,19)7-4-3-6-9(10(7)14(16)17)12-8(5-15)11-6/h3-4,15H,5H2,1-2H3,(H,11,12). The summed E-state index contributed by atoms with van der Waals surface area (Å²) in [5.41, 5.74) is -0.410. The van der Waals surface area contributed by atoms with E-state index in [1.54, 1.807) is 0 Å². The third-order valence-corrected chi connectivity index (χ3v) is 4.58. The van der Waals surface area contributed by atoms with E-state index in [2.05, 4.69) is 9.97 Å². The number of aromatic nitrogens is 2. The zero-order valence-corrected chi connectivity index (χ0v) is 11.5. The summed E-state index contributed by atoms with van der Waals surface area (Å²) in [5.74, 6) is 0.127. The molecule has 0 saturated carbocycles. The number of H-pyrrole nitrogens is 1. The van der Waals surface area contributed by atoms with Crippen LogP contribution in [0, 0.1) is 10.1 Å². The van der Waals surface area contributed by atoms with Crippen molar-refractivity contribution in [2.45, 2.75) is 11.5 Å². The summed E-state index contributed by atoms with van der Waals surface area (Å²) < 4.78 is 25.1. The molecule has 0 amide bonds. The number of hydrogen-bond donors (Lipinski definition) is 2. The van der Waals surface area contributed by atoms with Crippen molar-refractivity contribution in [3.8, 4) is 0 Å². The quantitative estimate of drug-likeness (QED) is 0.613. The van der Waals surface area contributed by atoms with Crippen LogP contribution in [0.25, 0.3) is 11.0 Å². The predicted octanol–water partition coefficient (Wildman–Crippen LogP) is 0.214. The van der Waals surface area contributed by atoms with Crippen LogP contribution in [0.5, 0.6) is 0 Å². The fourth-order valence-corrected chi connectivity index (χ4v) is 2.80. The van der Waals surface area contributed by atoms with Gasteiger partial charge in [0, 0.05) is 14.1 Å². The smallest absolute Gasteiger partial charge is 0.316 e. The Hall–Kier alpha value is -2.04. The van der Waals surface area contributed by atoms with E-state index >= 15 is 0 Å². The summed E-state index contributed by atoms with van der Waals surface area (Å²) in [5, 5.41) is 20.2. The van der Waals surface area contributed by atoms with Crippen molar-refractivity contribution in [2.24, 2.45) is 0 Å². The molecule has 0 aliphatic carbocycles. The highest BCUT2D eigenvalue weighted by atomic mass is 32.2. The predicted molar refractivity (Wildman–Crippen MR) is 69.5 cm³/mol. The minimum absolute atomic E-state index is 0.0954. The summed E-state index contributed by atoms with van der Waals surface area (Å²) in [7, 11) is -1.40. The largest absolute Gasteiger partial charge is 0.388 e. The number of imidazole rings is 1. The molecule has 0 aliphatic heterocycles. The molecule has 0 unspecified atom stereocenters. The molecule has 2 N–H and O–H groups in total. The lowest BCUT2D eigenvalue weighted by molar-refractivity contribution is -0.386. The van der Waals surface area contributed by atoms with Crippen LogP contribution < -0.4 is 0 Å². The Bertz CT molecular complexity index is 780. The highest BCUT2D eigenvalue weighted by Crippen LogP contribution is 2.32. The van der Waals surface area contributed by atoms with Gasteiger partial charge in [-0.1, -0.05) is 0 Å². The molecule has 20 heavy (non-hydrogen) atoms. The van der Waals surface area contributed by atoms with E-state index in [1.807, 2.05) is 0 Å². The first-order chi connectivity index (χ1) is 9.28. The van der Waals surface area contributed by atoms with Crippen LogP contribution >= 0.6 is 0 Å². The number of nitro groups is 1. The van der Waals surface area contributed by atoms with Crippen LogP contribution in [0.1, 0.15) is 5.82 Å². The van der Waals surface area contributed by atoms with Gasteiger partial charge in [0.2, 0.25) is 10.0 Å². The number of sulfonamides is 1. The Labute approximate surface area is 114 Å². The summed E-state index contributed by atoms with van der Waals surface area (Å²) >= 11 is 0. The number of nitrogens with zero attached hydrogens (tertiary/aromatic N) is 3. The average Bonchev–Trinajstić information content (AvgIpc) is 2.79. The molecule has 0 radical (unpaired) electrons. The number of rotatable bonds is 4. The van der Waals surface area contributed by atoms with Gasteiger partial charge in [-0.05, 0) is 12.1 Å². The van der Waals surface area contributed by atoms with E-state index in [4.69, 9.17) is 5.11 Å². The van der Waals surface area contributed by atoms with E-state index < -0.39 is 32.1 Å². The number of aromatic amines is 1. The number of nitro benzene ring substituents is 1. The maximum Gasteiger partial charge on any atom is 0.316 e. The summed E-state index contributed by atoms with van der Waals surface area (Å²) in [6, 6.07) is 2.53. The number of aliphatic hydroxyl groups is 1. The van der Waals surface area contributed by atoms with E-state index in [1.165, 1.54) is 20.2 Å². The van der Waals surface area contributed by atoms with Crippen LogP contribution in [0.15, 0.2) is 17.0 Å². The molecule has 2 aromatic rings. The molecule has 10 heteroatoms. The second-order valence-electron chi connectivity index (χ2n) is 4.19. The molecule has 0 fully saturated rings. The second kappa shape index (κ2) is 4.81. The van der Waals surface area contributed by atoms with Gasteiger partial charge >= 0.3 is 5.69 Å². The molecule has 0 saturated heterocycles. The van der Waals surface area contributed by atoms with E-state index in [9.17, 15) is 18.5 Å². The zero-order valence-electron chi connectivity index (χ0n) is 10.7. The zero-order chi connectivity index (χ0) is 15.1. The van der Waals surface area contributed by atoms with Crippen molar-refractivity contribution in [3.63, 3.8) is 0 Å². The van der Waals surface area contributed by atoms with Gasteiger partial charge in [-0.25, -0.2) is 17.7 Å². The fourth-order valence-electron chi connectivity index (χ4n) is 1.75. The lowest BCUT2D eigenvalue weighted by Crippen LogP contribution is -2.23. The van der Waals surface area contributed by atoms with Crippen LogP contribution in [0.3, 0.4) is 0 Å². The van der Waals surface area contributed by atoms with Gasteiger partial charge in [-0.15, -0.1) is 0 Å². The van der Waals surface area contributed by atoms with Gasteiger partial charge in [0.15, 0.2) is 10.4 Å². The van der Waals surface area contributed by atoms with Crippen molar-refractivity contribution in [1.82, 2.24) is 14.3 Å². The van der Waals surface area contributed by atoms with Crippen molar-refractivity contribution < 1.29 is 18.4 Å². The molecule has 108 valence electrons. The number of benzene rings is 1. The first kappa shape index (κ1) is 14.4. The topological polar surface area (TPSA) is 129 Å². The number of hydrogen-bond acceptors (Lipinski definition) is 6. The Kier molecular flexibility index (Phi) is 3.46. The normalized spacial score (nSPS) is 12.2. The molecule has 1 aromatic carbocycles. The van der Waals surface area contributed by atoms with Crippen LogP contribution in [-0.4, -0.2) is 46.8 Å². The van der Waals surface area contributed by atoms with Gasteiger partial charge in [-0.3, -0.25) is 10.1 Å². The van der Waals surface area contributed by atoms with E-state index in [-0.39, 0.29) is 11.3 Å². The van der Waals surface area contributed by atoms with Crippen LogP contribution in [-0.2, 0) is 16.6 Å². The fraction of sp³-hybridized carbons (Fsp3) is 0.300. The van der Waals surface area contributed by atoms with Crippen molar-refractivity contribution >= 4 is 26.7 Å². The summed E-state index contributed by atoms with van der Waals surface area (Å²) in [6.07, 6.45) is 0. The van der Waals surface area contributed by atoms with Gasteiger partial charge in [0.1, 0.15) is 12.4 Å². The number of fused-ring (bicyclic) bond motifs is 1. The summed E-state index contributed by atoms with van der Waals surface area (Å²) in [4.78, 5) is 16.5. The molecule has 0 aliphatic rings. The first-order valence-electron chi connectivity index (χ1n) is 5.48. The maximum absolute atomic E-state index is 12.1. The molecular weight excluding hydrogens is 288 g/mol. The molecule has 2 rings (SSSR count). The van der Waals surface area contributed by atoms with Crippen molar-refractivity contribution in [1.29, 1.82) is 0 Å². The van der Waals surface area contributed by atoms with Crippen LogP contribution in [0.4, 0.5) is 5.69 Å². The summed E-state index contributed by atoms with van der Waals surface area (Å²) in [6.45, 7) is -0.429. The minimum atomic E-state index is -3.97. The number of aliphatic hydroxyl groups excluding tert-OH is 1. The Balaban J connectivity index is 2.86.